The molecular formula is C20H21N3O5. The number of nitro benzene ring substituents is 1. The van der Waals surface area contributed by atoms with Crippen molar-refractivity contribution in [3.63, 3.8) is 0 Å². The number of hydrogen-bond donors (Lipinski definition) is 0. The van der Waals surface area contributed by atoms with E-state index in [1.54, 1.807) is 31.4 Å². The van der Waals surface area contributed by atoms with Gasteiger partial charge < -0.3 is 14.0 Å². The summed E-state index contributed by atoms with van der Waals surface area (Å²) >= 11 is 0. The molecule has 0 atom stereocenters. The minimum absolute atomic E-state index is 0.0421. The van der Waals surface area contributed by atoms with Crippen molar-refractivity contribution in [2.24, 2.45) is 0 Å². The van der Waals surface area contributed by atoms with Crippen LogP contribution in [0.4, 0.5) is 5.69 Å². The van der Waals surface area contributed by atoms with Gasteiger partial charge >= 0.3 is 0 Å². The van der Waals surface area contributed by atoms with E-state index in [2.05, 4.69) is 10.1 Å². The third-order valence-corrected chi connectivity index (χ3v) is 4.03. The molecule has 0 saturated heterocycles. The van der Waals surface area contributed by atoms with Crippen molar-refractivity contribution in [3.05, 3.63) is 64.0 Å². The predicted molar refractivity (Wildman–Crippen MR) is 102 cm³/mol. The molecule has 0 aliphatic heterocycles. The normalized spacial score (nSPS) is 11.3. The average Bonchev–Trinajstić information content (AvgIpc) is 3.17. The fraction of sp³-hybridized carbons (Fsp3) is 0.300. The van der Waals surface area contributed by atoms with E-state index in [1.165, 1.54) is 12.1 Å². The SMILES string of the molecule is COc1cc(-c2noc(C(C)(C)C)n2)ccc1OCc1ccc([N+](=O)[O-])cc1. The molecule has 3 rings (SSSR count). The molecule has 0 saturated carbocycles. The summed E-state index contributed by atoms with van der Waals surface area (Å²) in [6.45, 7) is 6.25. The van der Waals surface area contributed by atoms with Crippen LogP contribution in [0.3, 0.4) is 0 Å². The molecule has 1 heterocycles. The maximum absolute atomic E-state index is 10.7. The number of hydrogen-bond acceptors (Lipinski definition) is 7. The van der Waals surface area contributed by atoms with Crippen LogP contribution in [0.25, 0.3) is 11.4 Å². The number of aromatic nitrogens is 2. The number of benzene rings is 2. The second-order valence-corrected chi connectivity index (χ2v) is 7.25. The summed E-state index contributed by atoms with van der Waals surface area (Å²) in [4.78, 5) is 14.7. The minimum atomic E-state index is -0.435. The molecule has 0 aliphatic rings. The molecule has 0 fully saturated rings. The van der Waals surface area contributed by atoms with Crippen LogP contribution in [0, 0.1) is 10.1 Å². The standard InChI is InChI=1S/C20H21N3O5/c1-20(2,3)19-21-18(22-28-19)14-7-10-16(17(11-14)26-4)27-12-13-5-8-15(9-6-13)23(24)25/h5-11H,12H2,1-4H3. The van der Waals surface area contributed by atoms with E-state index in [9.17, 15) is 10.1 Å². The minimum Gasteiger partial charge on any atom is -0.493 e. The van der Waals surface area contributed by atoms with Crippen LogP contribution in [0.15, 0.2) is 47.0 Å². The highest BCUT2D eigenvalue weighted by atomic mass is 16.6. The van der Waals surface area contributed by atoms with Gasteiger partial charge in [-0.2, -0.15) is 4.98 Å². The Morgan fingerprint density at radius 2 is 1.82 bits per heavy atom. The van der Waals surface area contributed by atoms with Crippen molar-refractivity contribution >= 4 is 5.69 Å². The Balaban J connectivity index is 1.76. The molecule has 0 amide bonds. The van der Waals surface area contributed by atoms with Gasteiger partial charge in [-0.15, -0.1) is 0 Å². The Morgan fingerprint density at radius 3 is 2.39 bits per heavy atom. The zero-order valence-electron chi connectivity index (χ0n) is 16.1. The maximum atomic E-state index is 10.7. The Kier molecular flexibility index (Phi) is 5.30. The first-order valence-corrected chi connectivity index (χ1v) is 8.66. The third kappa shape index (κ3) is 4.28. The summed E-state index contributed by atoms with van der Waals surface area (Å²) in [5.74, 6) is 2.11. The zero-order valence-corrected chi connectivity index (χ0v) is 16.1. The van der Waals surface area contributed by atoms with E-state index in [0.29, 0.717) is 23.2 Å². The molecule has 146 valence electrons. The maximum Gasteiger partial charge on any atom is 0.269 e. The summed E-state index contributed by atoms with van der Waals surface area (Å²) in [6.07, 6.45) is 0. The molecule has 3 aromatic rings. The number of ether oxygens (including phenoxy) is 2. The molecule has 28 heavy (non-hydrogen) atoms. The number of nitrogens with zero attached hydrogens (tertiary/aromatic N) is 3. The molecule has 1 aromatic heterocycles. The Morgan fingerprint density at radius 1 is 1.11 bits per heavy atom. The van der Waals surface area contributed by atoms with Gasteiger partial charge in [-0.1, -0.05) is 25.9 Å². The van der Waals surface area contributed by atoms with Crippen molar-refractivity contribution in [1.29, 1.82) is 0 Å². The second kappa shape index (κ2) is 7.67. The fourth-order valence-electron chi connectivity index (χ4n) is 2.45. The van der Waals surface area contributed by atoms with Crippen molar-refractivity contribution in [2.45, 2.75) is 32.8 Å². The largest absolute Gasteiger partial charge is 0.493 e. The van der Waals surface area contributed by atoms with Gasteiger partial charge in [-0.05, 0) is 35.9 Å². The summed E-state index contributed by atoms with van der Waals surface area (Å²) in [5, 5.41) is 14.8. The Bertz CT molecular complexity index is 974. The Hall–Kier alpha value is -3.42. The van der Waals surface area contributed by atoms with Crippen LogP contribution < -0.4 is 9.47 Å². The average molecular weight is 383 g/mol. The lowest BCUT2D eigenvalue weighted by atomic mass is 9.97. The van der Waals surface area contributed by atoms with E-state index in [4.69, 9.17) is 14.0 Å². The highest BCUT2D eigenvalue weighted by Crippen LogP contribution is 2.33. The molecular weight excluding hydrogens is 362 g/mol. The molecule has 0 radical (unpaired) electrons. The number of rotatable bonds is 6. The van der Waals surface area contributed by atoms with Gasteiger partial charge in [0.05, 0.1) is 12.0 Å². The molecule has 8 nitrogen and oxygen atoms in total. The lowest BCUT2D eigenvalue weighted by Crippen LogP contribution is -2.11. The number of methoxy groups -OCH3 is 1. The predicted octanol–water partition coefficient (Wildman–Crippen LogP) is 4.53. The summed E-state index contributed by atoms with van der Waals surface area (Å²) in [6, 6.07) is 11.6. The van der Waals surface area contributed by atoms with Crippen LogP contribution in [-0.4, -0.2) is 22.2 Å². The number of nitro groups is 1. The number of non-ortho nitro benzene ring substituents is 1. The summed E-state index contributed by atoms with van der Waals surface area (Å²) < 4.78 is 16.6. The summed E-state index contributed by atoms with van der Waals surface area (Å²) in [7, 11) is 1.55. The van der Waals surface area contributed by atoms with Gasteiger partial charge in [0.25, 0.3) is 5.69 Å². The van der Waals surface area contributed by atoms with Gasteiger partial charge in [0.2, 0.25) is 11.7 Å². The van der Waals surface area contributed by atoms with E-state index in [0.717, 1.165) is 11.1 Å². The van der Waals surface area contributed by atoms with E-state index >= 15 is 0 Å². The van der Waals surface area contributed by atoms with Gasteiger partial charge in [-0.3, -0.25) is 10.1 Å². The van der Waals surface area contributed by atoms with E-state index < -0.39 is 4.92 Å². The third-order valence-electron chi connectivity index (χ3n) is 4.03. The lowest BCUT2D eigenvalue weighted by molar-refractivity contribution is -0.384. The zero-order chi connectivity index (χ0) is 20.3. The van der Waals surface area contributed by atoms with Crippen LogP contribution in [0.1, 0.15) is 32.2 Å². The first kappa shape index (κ1) is 19.3. The molecule has 0 spiro atoms. The van der Waals surface area contributed by atoms with E-state index in [-0.39, 0.29) is 17.7 Å². The molecule has 2 aromatic carbocycles. The van der Waals surface area contributed by atoms with Crippen molar-refractivity contribution in [2.75, 3.05) is 7.11 Å². The monoisotopic (exact) mass is 383 g/mol. The molecule has 0 N–H and O–H groups in total. The topological polar surface area (TPSA) is 101 Å². The highest BCUT2D eigenvalue weighted by molar-refractivity contribution is 5.60. The van der Waals surface area contributed by atoms with Gasteiger partial charge in [0.1, 0.15) is 6.61 Å². The summed E-state index contributed by atoms with van der Waals surface area (Å²) in [5.41, 5.74) is 1.37. The lowest BCUT2D eigenvalue weighted by Gasteiger charge is -2.12. The van der Waals surface area contributed by atoms with Gasteiger partial charge in [0.15, 0.2) is 11.5 Å². The van der Waals surface area contributed by atoms with Crippen LogP contribution in [-0.2, 0) is 12.0 Å². The smallest absolute Gasteiger partial charge is 0.269 e. The first-order valence-electron chi connectivity index (χ1n) is 8.66. The quantitative estimate of drug-likeness (QED) is 0.455. The second-order valence-electron chi connectivity index (χ2n) is 7.25. The first-order chi connectivity index (χ1) is 13.3. The van der Waals surface area contributed by atoms with Crippen molar-refractivity contribution in [1.82, 2.24) is 10.1 Å². The van der Waals surface area contributed by atoms with E-state index in [1.807, 2.05) is 26.8 Å². The fourth-order valence-corrected chi connectivity index (χ4v) is 2.45. The van der Waals surface area contributed by atoms with Gasteiger partial charge in [0, 0.05) is 23.1 Å². The van der Waals surface area contributed by atoms with Crippen LogP contribution in [0.5, 0.6) is 11.5 Å². The van der Waals surface area contributed by atoms with Gasteiger partial charge in [-0.25, -0.2) is 0 Å². The van der Waals surface area contributed by atoms with Crippen LogP contribution >= 0.6 is 0 Å². The highest BCUT2D eigenvalue weighted by Gasteiger charge is 2.22. The molecule has 0 aliphatic carbocycles. The van der Waals surface area contributed by atoms with Crippen LogP contribution in [0.2, 0.25) is 0 Å². The van der Waals surface area contributed by atoms with Crippen molar-refractivity contribution < 1.29 is 18.9 Å². The molecule has 8 heteroatoms. The molecule has 0 unspecified atom stereocenters. The van der Waals surface area contributed by atoms with Crippen molar-refractivity contribution in [3.8, 4) is 22.9 Å². The molecule has 0 bridgehead atoms. The Labute approximate surface area is 162 Å².